The summed E-state index contributed by atoms with van der Waals surface area (Å²) >= 11 is 6.17. The van der Waals surface area contributed by atoms with Gasteiger partial charge >= 0.3 is 0 Å². The monoisotopic (exact) mass is 386 g/mol. The Morgan fingerprint density at radius 2 is 2.07 bits per heavy atom. The molecular weight excluding hydrogens is 368 g/mol. The van der Waals surface area contributed by atoms with Crippen LogP contribution in [0.3, 0.4) is 0 Å². The molecule has 2 N–H and O–H groups in total. The third-order valence-electron chi connectivity index (χ3n) is 4.95. The van der Waals surface area contributed by atoms with E-state index in [1.165, 1.54) is 0 Å². The first-order chi connectivity index (χ1) is 13.1. The molecule has 1 saturated carbocycles. The van der Waals surface area contributed by atoms with Crippen molar-refractivity contribution >= 4 is 17.5 Å². The van der Waals surface area contributed by atoms with E-state index in [0.29, 0.717) is 16.6 Å². The zero-order valence-corrected chi connectivity index (χ0v) is 15.5. The number of aromatic nitrogens is 3. The number of furan rings is 1. The number of rotatable bonds is 5. The van der Waals surface area contributed by atoms with Crippen molar-refractivity contribution in [2.24, 2.45) is 7.05 Å². The third kappa shape index (κ3) is 3.36. The maximum Gasteiger partial charge on any atom is 0.287 e. The van der Waals surface area contributed by atoms with Gasteiger partial charge in [-0.3, -0.25) is 4.79 Å². The van der Waals surface area contributed by atoms with Gasteiger partial charge in [-0.2, -0.15) is 0 Å². The van der Waals surface area contributed by atoms with Gasteiger partial charge in [0.15, 0.2) is 11.6 Å². The average molecular weight is 387 g/mol. The van der Waals surface area contributed by atoms with E-state index in [-0.39, 0.29) is 30.2 Å². The van der Waals surface area contributed by atoms with Crippen LogP contribution in [0.25, 0.3) is 11.3 Å². The number of benzene rings is 1. The van der Waals surface area contributed by atoms with Crippen molar-refractivity contribution in [3.05, 3.63) is 58.8 Å². The van der Waals surface area contributed by atoms with E-state index in [1.807, 2.05) is 29.8 Å². The van der Waals surface area contributed by atoms with E-state index in [9.17, 15) is 9.90 Å². The first kappa shape index (κ1) is 17.8. The number of hydrogen-bond donors (Lipinski definition) is 2. The predicted octanol–water partition coefficient (Wildman–Crippen LogP) is 2.90. The van der Waals surface area contributed by atoms with Crippen LogP contribution in [0.2, 0.25) is 5.02 Å². The summed E-state index contributed by atoms with van der Waals surface area (Å²) in [5.41, 5.74) is 0.754. The first-order valence-electron chi connectivity index (χ1n) is 8.71. The fourth-order valence-corrected chi connectivity index (χ4v) is 3.57. The molecule has 3 aromatic rings. The van der Waals surface area contributed by atoms with Crippen LogP contribution < -0.4 is 5.32 Å². The summed E-state index contributed by atoms with van der Waals surface area (Å²) in [5.74, 6) is 2.18. The quantitative estimate of drug-likeness (QED) is 0.703. The van der Waals surface area contributed by atoms with Gasteiger partial charge in [0.1, 0.15) is 18.2 Å². The molecule has 1 aromatic carbocycles. The van der Waals surface area contributed by atoms with Gasteiger partial charge in [0.25, 0.3) is 5.91 Å². The van der Waals surface area contributed by atoms with Gasteiger partial charge in [-0.15, -0.1) is 10.2 Å². The van der Waals surface area contributed by atoms with Crippen molar-refractivity contribution in [2.45, 2.75) is 31.4 Å². The molecular formula is C19H19ClN4O3. The highest BCUT2D eigenvalue weighted by Gasteiger charge is 2.35. The second kappa shape index (κ2) is 7.17. The number of hydrogen-bond acceptors (Lipinski definition) is 5. The average Bonchev–Trinajstić information content (AvgIpc) is 3.25. The van der Waals surface area contributed by atoms with E-state index < -0.39 is 0 Å². The minimum atomic E-state index is -0.245. The fourth-order valence-electron chi connectivity index (χ4n) is 3.34. The van der Waals surface area contributed by atoms with Gasteiger partial charge in [0.2, 0.25) is 0 Å². The molecule has 1 aliphatic carbocycles. The standard InChI is InChI=1S/C19H19ClN4O3/c1-24-17(10-25)22-23-18(24)11-8-12(9-11)21-19(26)16-7-6-15(27-16)13-4-2-3-5-14(13)20/h2-7,11-12,25H,8-10H2,1H3,(H,21,26). The highest BCUT2D eigenvalue weighted by atomic mass is 35.5. The van der Waals surface area contributed by atoms with Crippen molar-refractivity contribution in [2.75, 3.05) is 0 Å². The smallest absolute Gasteiger partial charge is 0.287 e. The summed E-state index contributed by atoms with van der Waals surface area (Å²) in [6.07, 6.45) is 1.56. The van der Waals surface area contributed by atoms with Crippen LogP contribution in [0.5, 0.6) is 0 Å². The molecule has 27 heavy (non-hydrogen) atoms. The lowest BCUT2D eigenvalue weighted by Crippen LogP contribution is -2.43. The minimum Gasteiger partial charge on any atom is -0.451 e. The van der Waals surface area contributed by atoms with Crippen LogP contribution in [0.1, 0.15) is 41.0 Å². The molecule has 0 radical (unpaired) electrons. The van der Waals surface area contributed by atoms with Gasteiger partial charge in [-0.1, -0.05) is 23.7 Å². The van der Waals surface area contributed by atoms with E-state index in [2.05, 4.69) is 15.5 Å². The zero-order valence-electron chi connectivity index (χ0n) is 14.7. The Balaban J connectivity index is 1.37. The van der Waals surface area contributed by atoms with E-state index in [0.717, 1.165) is 24.2 Å². The maximum absolute atomic E-state index is 12.4. The molecule has 0 aliphatic heterocycles. The molecule has 140 valence electrons. The van der Waals surface area contributed by atoms with Crippen molar-refractivity contribution < 1.29 is 14.3 Å². The summed E-state index contributed by atoms with van der Waals surface area (Å²) in [6.45, 7) is -0.136. The van der Waals surface area contributed by atoms with Crippen molar-refractivity contribution in [1.29, 1.82) is 0 Å². The number of halogens is 1. The molecule has 0 spiro atoms. The van der Waals surface area contributed by atoms with Crippen molar-refractivity contribution in [3.63, 3.8) is 0 Å². The van der Waals surface area contributed by atoms with E-state index >= 15 is 0 Å². The molecule has 4 rings (SSSR count). The number of nitrogens with zero attached hydrogens (tertiary/aromatic N) is 3. The number of aliphatic hydroxyl groups excluding tert-OH is 1. The van der Waals surface area contributed by atoms with E-state index in [4.69, 9.17) is 16.0 Å². The normalized spacial score (nSPS) is 18.9. The number of nitrogens with one attached hydrogen (secondary N) is 1. The Morgan fingerprint density at radius 3 is 2.78 bits per heavy atom. The number of amides is 1. The van der Waals surface area contributed by atoms with Crippen LogP contribution >= 0.6 is 11.6 Å². The number of aliphatic hydroxyl groups is 1. The molecule has 0 unspecified atom stereocenters. The zero-order chi connectivity index (χ0) is 19.0. The molecule has 8 heteroatoms. The van der Waals surface area contributed by atoms with E-state index in [1.54, 1.807) is 18.2 Å². The highest BCUT2D eigenvalue weighted by Crippen LogP contribution is 2.36. The minimum absolute atomic E-state index is 0.0608. The van der Waals surface area contributed by atoms with Crippen LogP contribution in [0.15, 0.2) is 40.8 Å². The summed E-state index contributed by atoms with van der Waals surface area (Å²) < 4.78 is 7.49. The van der Waals surface area contributed by atoms with Crippen LogP contribution in [-0.4, -0.2) is 31.8 Å². The molecule has 2 heterocycles. The lowest BCUT2D eigenvalue weighted by atomic mass is 9.79. The summed E-state index contributed by atoms with van der Waals surface area (Å²) in [7, 11) is 1.84. The molecule has 0 saturated heterocycles. The Kier molecular flexibility index (Phi) is 4.72. The van der Waals surface area contributed by atoms with Crippen LogP contribution in [-0.2, 0) is 13.7 Å². The number of carbonyl (C=O) groups excluding carboxylic acids is 1. The molecule has 0 bridgehead atoms. The molecule has 1 amide bonds. The second-order valence-electron chi connectivity index (χ2n) is 6.67. The highest BCUT2D eigenvalue weighted by molar-refractivity contribution is 6.33. The summed E-state index contributed by atoms with van der Waals surface area (Å²) in [6, 6.07) is 10.8. The summed E-state index contributed by atoms with van der Waals surface area (Å²) in [5, 5.41) is 20.9. The van der Waals surface area contributed by atoms with Crippen LogP contribution in [0, 0.1) is 0 Å². The van der Waals surface area contributed by atoms with Gasteiger partial charge in [0.05, 0.1) is 5.02 Å². The third-order valence-corrected chi connectivity index (χ3v) is 5.28. The molecule has 7 nitrogen and oxygen atoms in total. The number of carbonyl (C=O) groups is 1. The maximum atomic E-state index is 12.4. The van der Waals surface area contributed by atoms with Crippen molar-refractivity contribution in [1.82, 2.24) is 20.1 Å². The largest absolute Gasteiger partial charge is 0.451 e. The summed E-state index contributed by atoms with van der Waals surface area (Å²) in [4.78, 5) is 12.4. The molecule has 1 aliphatic rings. The lowest BCUT2D eigenvalue weighted by molar-refractivity contribution is 0.0879. The van der Waals surface area contributed by atoms with Gasteiger partial charge in [0, 0.05) is 24.6 Å². The molecule has 1 fully saturated rings. The molecule has 0 atom stereocenters. The predicted molar refractivity (Wildman–Crippen MR) is 99.3 cm³/mol. The Hall–Kier alpha value is -2.64. The molecule has 2 aromatic heterocycles. The topological polar surface area (TPSA) is 93.2 Å². The Bertz CT molecular complexity index is 975. The Labute approximate surface area is 161 Å². The van der Waals surface area contributed by atoms with Gasteiger partial charge in [-0.05, 0) is 37.1 Å². The van der Waals surface area contributed by atoms with Crippen LogP contribution in [0.4, 0.5) is 0 Å². The first-order valence-corrected chi connectivity index (χ1v) is 9.09. The van der Waals surface area contributed by atoms with Gasteiger partial charge < -0.3 is 19.4 Å². The SMILES string of the molecule is Cn1c(CO)nnc1C1CC(NC(=O)c2ccc(-c3ccccc3Cl)o2)C1. The fraction of sp³-hybridized carbons (Fsp3) is 0.316. The Morgan fingerprint density at radius 1 is 1.30 bits per heavy atom. The second-order valence-corrected chi connectivity index (χ2v) is 7.08. The lowest BCUT2D eigenvalue weighted by Gasteiger charge is -2.34. The van der Waals surface area contributed by atoms with Gasteiger partial charge in [-0.25, -0.2) is 0 Å². The van der Waals surface area contributed by atoms with Crippen molar-refractivity contribution in [3.8, 4) is 11.3 Å².